The van der Waals surface area contributed by atoms with E-state index in [1.54, 1.807) is 48.5 Å². The molecule has 4 rings (SSSR count). The van der Waals surface area contributed by atoms with Gasteiger partial charge in [-0.05, 0) is 72.8 Å². The summed E-state index contributed by atoms with van der Waals surface area (Å²) in [7, 11) is 0. The molecule has 0 fully saturated rings. The number of nitrogens with one attached hydrogen (secondary N) is 3. The Morgan fingerprint density at radius 1 is 0.818 bits per heavy atom. The summed E-state index contributed by atoms with van der Waals surface area (Å²) >= 11 is 9.27. The van der Waals surface area contributed by atoms with Crippen LogP contribution in [0, 0.1) is 5.82 Å². The first-order valence-corrected chi connectivity index (χ1v) is 10.7. The normalized spacial score (nSPS) is 10.6. The zero-order valence-electron chi connectivity index (χ0n) is 16.7. The molecule has 33 heavy (non-hydrogen) atoms. The van der Waals surface area contributed by atoms with E-state index in [2.05, 4.69) is 32.0 Å². The highest BCUT2D eigenvalue weighted by Gasteiger charge is 2.21. The molecule has 0 radical (unpaired) electrons. The SMILES string of the molecule is O=C(Nc1ccc(F)cc1)C(=O)Nn1c(C(=O)Nc2ccc(Cl)cc2)cc2cc(Br)ccc21. The van der Waals surface area contributed by atoms with Crippen molar-refractivity contribution in [3.63, 3.8) is 0 Å². The highest BCUT2D eigenvalue weighted by molar-refractivity contribution is 9.10. The van der Waals surface area contributed by atoms with Gasteiger partial charge >= 0.3 is 11.8 Å². The number of rotatable bonds is 4. The van der Waals surface area contributed by atoms with Crippen molar-refractivity contribution in [2.24, 2.45) is 0 Å². The summed E-state index contributed by atoms with van der Waals surface area (Å²) < 4.78 is 15.1. The highest BCUT2D eigenvalue weighted by atomic mass is 79.9. The summed E-state index contributed by atoms with van der Waals surface area (Å²) in [6.45, 7) is 0. The van der Waals surface area contributed by atoms with Crippen LogP contribution in [-0.2, 0) is 9.59 Å². The number of halogens is 3. The van der Waals surface area contributed by atoms with Crippen LogP contribution < -0.4 is 16.1 Å². The quantitative estimate of drug-likeness (QED) is 0.319. The Morgan fingerprint density at radius 2 is 1.45 bits per heavy atom. The average molecular weight is 530 g/mol. The zero-order valence-corrected chi connectivity index (χ0v) is 19.1. The van der Waals surface area contributed by atoms with Crippen molar-refractivity contribution < 1.29 is 18.8 Å². The van der Waals surface area contributed by atoms with E-state index < -0.39 is 23.5 Å². The van der Waals surface area contributed by atoms with Crippen molar-refractivity contribution in [3.05, 3.63) is 93.8 Å². The van der Waals surface area contributed by atoms with E-state index in [4.69, 9.17) is 11.6 Å². The standard InChI is InChI=1S/C23H15BrClFN4O3/c24-14-1-10-19-13(11-14)12-20(21(31)27-17-6-2-15(25)3-7-17)30(19)29-23(33)22(32)28-18-8-4-16(26)5-9-18/h1-12H,(H,27,31)(H,28,32)(H,29,33). The van der Waals surface area contributed by atoms with Gasteiger partial charge in [-0.25, -0.2) is 9.07 Å². The first-order chi connectivity index (χ1) is 15.8. The van der Waals surface area contributed by atoms with Crippen LogP contribution >= 0.6 is 27.5 Å². The fourth-order valence-electron chi connectivity index (χ4n) is 3.08. The number of carbonyl (C=O) groups excluding carboxylic acids is 3. The molecule has 1 heterocycles. The van der Waals surface area contributed by atoms with Crippen LogP contribution in [0.5, 0.6) is 0 Å². The van der Waals surface area contributed by atoms with Gasteiger partial charge in [0.2, 0.25) is 0 Å². The molecule has 3 aromatic carbocycles. The Labute approximate surface area is 200 Å². The van der Waals surface area contributed by atoms with Gasteiger partial charge in [0.1, 0.15) is 11.5 Å². The summed E-state index contributed by atoms with van der Waals surface area (Å²) in [4.78, 5) is 37.9. The van der Waals surface area contributed by atoms with Gasteiger partial charge in [-0.1, -0.05) is 27.5 Å². The molecule has 0 saturated heterocycles. The second-order valence-corrected chi connectivity index (χ2v) is 8.28. The Hall–Kier alpha value is -3.69. The molecule has 0 aliphatic heterocycles. The molecule has 7 nitrogen and oxygen atoms in total. The van der Waals surface area contributed by atoms with Crippen LogP contribution in [0.4, 0.5) is 15.8 Å². The highest BCUT2D eigenvalue weighted by Crippen LogP contribution is 2.24. The lowest BCUT2D eigenvalue weighted by molar-refractivity contribution is -0.133. The van der Waals surface area contributed by atoms with E-state index in [0.29, 0.717) is 21.6 Å². The number of fused-ring (bicyclic) bond motifs is 1. The van der Waals surface area contributed by atoms with E-state index in [-0.39, 0.29) is 11.4 Å². The number of benzene rings is 3. The average Bonchev–Trinajstić information content (AvgIpc) is 3.14. The zero-order chi connectivity index (χ0) is 23.5. The minimum atomic E-state index is -1.01. The van der Waals surface area contributed by atoms with Gasteiger partial charge in [-0.15, -0.1) is 0 Å². The summed E-state index contributed by atoms with van der Waals surface area (Å²) in [6, 6.07) is 18.3. The van der Waals surface area contributed by atoms with Crippen molar-refractivity contribution in [1.82, 2.24) is 4.68 Å². The molecule has 0 aliphatic rings. The van der Waals surface area contributed by atoms with Gasteiger partial charge in [0.05, 0.1) is 5.52 Å². The lowest BCUT2D eigenvalue weighted by Crippen LogP contribution is -2.36. The predicted octanol–water partition coefficient (Wildman–Crippen LogP) is 5.16. The largest absolute Gasteiger partial charge is 0.328 e. The van der Waals surface area contributed by atoms with Gasteiger partial charge in [-0.2, -0.15) is 0 Å². The third-order valence-corrected chi connectivity index (χ3v) is 5.37. The maximum Gasteiger partial charge on any atom is 0.328 e. The molecule has 0 saturated carbocycles. The number of hydrogen-bond donors (Lipinski definition) is 3. The number of carbonyl (C=O) groups is 3. The van der Waals surface area contributed by atoms with Crippen molar-refractivity contribution in [2.45, 2.75) is 0 Å². The molecule has 0 bridgehead atoms. The lowest BCUT2D eigenvalue weighted by Gasteiger charge is -2.13. The number of aromatic nitrogens is 1. The van der Waals surface area contributed by atoms with Gasteiger partial charge in [-0.3, -0.25) is 19.8 Å². The Bertz CT molecular complexity index is 1370. The maximum atomic E-state index is 13.1. The maximum absolute atomic E-state index is 13.1. The Balaban J connectivity index is 1.61. The van der Waals surface area contributed by atoms with Crippen molar-refractivity contribution in [3.8, 4) is 0 Å². The van der Waals surface area contributed by atoms with Gasteiger partial charge < -0.3 is 10.6 Å². The number of anilines is 2. The van der Waals surface area contributed by atoms with Crippen LogP contribution in [0.15, 0.2) is 77.3 Å². The van der Waals surface area contributed by atoms with Crippen LogP contribution in [0.25, 0.3) is 10.9 Å². The third-order valence-electron chi connectivity index (χ3n) is 4.62. The molecule has 1 aromatic heterocycles. The number of nitrogens with zero attached hydrogens (tertiary/aromatic N) is 1. The summed E-state index contributed by atoms with van der Waals surface area (Å²) in [5, 5.41) is 6.29. The van der Waals surface area contributed by atoms with E-state index in [1.807, 2.05) is 0 Å². The van der Waals surface area contributed by atoms with Crippen molar-refractivity contribution in [1.29, 1.82) is 0 Å². The number of hydrogen-bond acceptors (Lipinski definition) is 3. The minimum Gasteiger partial charge on any atom is -0.321 e. The first-order valence-electron chi connectivity index (χ1n) is 9.56. The minimum absolute atomic E-state index is 0.0981. The topological polar surface area (TPSA) is 92.2 Å². The molecule has 0 atom stereocenters. The monoisotopic (exact) mass is 528 g/mol. The van der Waals surface area contributed by atoms with E-state index in [1.165, 1.54) is 16.8 Å². The molecular weight excluding hydrogens is 515 g/mol. The van der Waals surface area contributed by atoms with Crippen molar-refractivity contribution >= 4 is 67.5 Å². The van der Waals surface area contributed by atoms with Crippen LogP contribution in [0.1, 0.15) is 10.5 Å². The molecule has 0 spiro atoms. The first kappa shape index (κ1) is 22.5. The van der Waals surface area contributed by atoms with Crippen LogP contribution in [0.3, 0.4) is 0 Å². The lowest BCUT2D eigenvalue weighted by atomic mass is 10.2. The van der Waals surface area contributed by atoms with Gasteiger partial charge in [0.25, 0.3) is 5.91 Å². The second kappa shape index (κ2) is 9.43. The Kier molecular flexibility index (Phi) is 6.43. The molecule has 166 valence electrons. The van der Waals surface area contributed by atoms with E-state index in [0.717, 1.165) is 16.6 Å². The number of amides is 3. The molecule has 4 aromatic rings. The second-order valence-electron chi connectivity index (χ2n) is 6.93. The van der Waals surface area contributed by atoms with E-state index in [9.17, 15) is 18.8 Å². The third kappa shape index (κ3) is 5.21. The van der Waals surface area contributed by atoms with Crippen LogP contribution in [0.2, 0.25) is 5.02 Å². The fourth-order valence-corrected chi connectivity index (χ4v) is 3.58. The molecule has 0 unspecified atom stereocenters. The van der Waals surface area contributed by atoms with E-state index >= 15 is 0 Å². The summed E-state index contributed by atoms with van der Waals surface area (Å²) in [6.07, 6.45) is 0. The molecule has 10 heteroatoms. The smallest absolute Gasteiger partial charge is 0.321 e. The van der Waals surface area contributed by atoms with Crippen molar-refractivity contribution in [2.75, 3.05) is 16.1 Å². The molecule has 0 aliphatic carbocycles. The fraction of sp³-hybridized carbons (Fsp3) is 0. The van der Waals surface area contributed by atoms with Gasteiger partial charge in [0.15, 0.2) is 0 Å². The van der Waals surface area contributed by atoms with Gasteiger partial charge in [0, 0.05) is 26.3 Å². The summed E-state index contributed by atoms with van der Waals surface area (Å²) in [5.41, 5.74) is 3.81. The Morgan fingerprint density at radius 3 is 2.15 bits per heavy atom. The molecule has 3 amide bonds. The molecule has 3 N–H and O–H groups in total. The van der Waals surface area contributed by atoms with Crippen LogP contribution in [-0.4, -0.2) is 22.4 Å². The predicted molar refractivity (Wildman–Crippen MR) is 128 cm³/mol. The molecular formula is C23H15BrClFN4O3. The summed E-state index contributed by atoms with van der Waals surface area (Å²) in [5.74, 6) is -2.98.